The van der Waals surface area contributed by atoms with Gasteiger partial charge in [-0.2, -0.15) is 0 Å². The lowest BCUT2D eigenvalue weighted by Crippen LogP contribution is -2.56. The molecule has 21 heavy (non-hydrogen) atoms. The molecule has 2 aliphatic rings. The molecule has 1 saturated heterocycles. The summed E-state index contributed by atoms with van der Waals surface area (Å²) in [5.74, 6) is -0.606. The second kappa shape index (κ2) is 5.48. The average molecular weight is 292 g/mol. The van der Waals surface area contributed by atoms with Crippen molar-refractivity contribution in [3.05, 3.63) is 17.7 Å². The maximum Gasteiger partial charge on any atom is 0.326 e. The number of aliphatic carboxylic acids is 1. The van der Waals surface area contributed by atoms with E-state index in [2.05, 4.69) is 22.2 Å². The van der Waals surface area contributed by atoms with Crippen LogP contribution in [-0.2, 0) is 22.6 Å². The summed E-state index contributed by atoms with van der Waals surface area (Å²) in [6, 6.07) is -1.10. The zero-order valence-electron chi connectivity index (χ0n) is 12.0. The number of carboxylic acid groups (broad SMARTS) is 1. The summed E-state index contributed by atoms with van der Waals surface area (Å²) in [7, 11) is 0. The molecule has 7 nitrogen and oxygen atoms in total. The van der Waals surface area contributed by atoms with E-state index in [1.807, 2.05) is 0 Å². The number of aromatic nitrogens is 2. The van der Waals surface area contributed by atoms with E-state index in [4.69, 9.17) is 0 Å². The van der Waals surface area contributed by atoms with Crippen LogP contribution in [0.15, 0.2) is 6.33 Å². The lowest BCUT2D eigenvalue weighted by molar-refractivity contribution is -0.152. The molecule has 0 aliphatic carbocycles. The van der Waals surface area contributed by atoms with Crippen LogP contribution in [0.3, 0.4) is 0 Å². The van der Waals surface area contributed by atoms with Gasteiger partial charge in [0.05, 0.1) is 30.3 Å². The summed E-state index contributed by atoms with van der Waals surface area (Å²) >= 11 is 0. The molecule has 3 unspecified atom stereocenters. The van der Waals surface area contributed by atoms with Gasteiger partial charge in [-0.3, -0.25) is 4.79 Å². The van der Waals surface area contributed by atoms with Crippen molar-refractivity contribution in [2.75, 3.05) is 6.54 Å². The first-order valence-electron chi connectivity index (χ1n) is 7.34. The van der Waals surface area contributed by atoms with E-state index < -0.39 is 12.0 Å². The molecule has 1 aromatic rings. The Morgan fingerprint density at radius 2 is 2.29 bits per heavy atom. The van der Waals surface area contributed by atoms with E-state index in [-0.39, 0.29) is 24.9 Å². The molecule has 7 heteroatoms. The van der Waals surface area contributed by atoms with Crippen molar-refractivity contribution < 1.29 is 14.7 Å². The number of carbonyl (C=O) groups is 2. The number of carboxylic acids is 1. The predicted octanol–water partition coefficient (Wildman–Crippen LogP) is 0.136. The molecule has 114 valence electrons. The normalized spacial score (nSPS) is 29.0. The molecule has 3 heterocycles. The monoisotopic (exact) mass is 292 g/mol. The van der Waals surface area contributed by atoms with E-state index in [9.17, 15) is 14.7 Å². The quantitative estimate of drug-likeness (QED) is 0.720. The zero-order valence-corrected chi connectivity index (χ0v) is 12.0. The Hall–Kier alpha value is -1.89. The van der Waals surface area contributed by atoms with Crippen molar-refractivity contribution in [3.63, 3.8) is 0 Å². The molecule has 1 fully saturated rings. The van der Waals surface area contributed by atoms with Gasteiger partial charge in [0, 0.05) is 6.42 Å². The van der Waals surface area contributed by atoms with Crippen LogP contribution in [0.5, 0.6) is 0 Å². The summed E-state index contributed by atoms with van der Waals surface area (Å²) in [4.78, 5) is 32.8. The number of hydrogen-bond acceptors (Lipinski definition) is 4. The lowest BCUT2D eigenvalue weighted by Gasteiger charge is -2.37. The van der Waals surface area contributed by atoms with Gasteiger partial charge in [-0.1, -0.05) is 6.92 Å². The Balaban J connectivity index is 1.81. The number of rotatable bonds is 2. The standard InChI is InChI=1S/C14H20N4O3/c1-8-2-3-15-10(4-8)13(19)18-6-11-9(16-7-17-11)5-12(18)14(20)21/h7-8,10,12,15H,2-6H2,1H3,(H,16,17)(H,20,21). The third-order valence-electron chi connectivity index (χ3n) is 4.43. The summed E-state index contributed by atoms with van der Waals surface area (Å²) in [6.07, 6.45) is 3.63. The van der Waals surface area contributed by atoms with Crippen LogP contribution in [-0.4, -0.2) is 50.5 Å². The molecule has 1 amide bonds. The minimum Gasteiger partial charge on any atom is -0.480 e. The van der Waals surface area contributed by atoms with Crippen LogP contribution in [0.1, 0.15) is 31.2 Å². The van der Waals surface area contributed by atoms with E-state index in [1.54, 1.807) is 6.33 Å². The van der Waals surface area contributed by atoms with Gasteiger partial charge in [-0.25, -0.2) is 9.78 Å². The number of carbonyl (C=O) groups excluding carboxylic acids is 1. The van der Waals surface area contributed by atoms with Crippen LogP contribution in [0.4, 0.5) is 0 Å². The third kappa shape index (κ3) is 2.65. The van der Waals surface area contributed by atoms with Crippen molar-refractivity contribution in [3.8, 4) is 0 Å². The summed E-state index contributed by atoms with van der Waals surface area (Å²) in [5, 5.41) is 12.6. The number of aromatic amines is 1. The van der Waals surface area contributed by atoms with Crippen LogP contribution in [0, 0.1) is 5.92 Å². The highest BCUT2D eigenvalue weighted by molar-refractivity contribution is 5.87. The molecule has 0 aromatic carbocycles. The molecular formula is C14H20N4O3. The maximum atomic E-state index is 12.7. The minimum atomic E-state index is -0.971. The number of H-pyrrole nitrogens is 1. The van der Waals surface area contributed by atoms with Crippen molar-refractivity contribution in [2.24, 2.45) is 5.92 Å². The Labute approximate surface area is 122 Å². The fourth-order valence-electron chi connectivity index (χ4n) is 3.18. The smallest absolute Gasteiger partial charge is 0.326 e. The van der Waals surface area contributed by atoms with Crippen molar-refractivity contribution in [1.29, 1.82) is 0 Å². The number of fused-ring (bicyclic) bond motifs is 1. The van der Waals surface area contributed by atoms with Crippen LogP contribution >= 0.6 is 0 Å². The van der Waals surface area contributed by atoms with Gasteiger partial charge in [0.2, 0.25) is 5.91 Å². The first kappa shape index (κ1) is 14.1. The van der Waals surface area contributed by atoms with Crippen LogP contribution in [0.2, 0.25) is 0 Å². The Kier molecular flexibility index (Phi) is 3.67. The largest absolute Gasteiger partial charge is 0.480 e. The number of piperidine rings is 1. The SMILES string of the molecule is CC1CCNC(C(=O)N2Cc3[nH]cnc3CC2C(=O)O)C1. The molecular weight excluding hydrogens is 272 g/mol. The molecule has 2 aliphatic heterocycles. The second-order valence-electron chi connectivity index (χ2n) is 5.99. The van der Waals surface area contributed by atoms with Gasteiger partial charge in [0.25, 0.3) is 0 Å². The Bertz CT molecular complexity index is 556. The number of hydrogen-bond donors (Lipinski definition) is 3. The highest BCUT2D eigenvalue weighted by Gasteiger charge is 2.39. The van der Waals surface area contributed by atoms with E-state index >= 15 is 0 Å². The van der Waals surface area contributed by atoms with Crippen molar-refractivity contribution in [1.82, 2.24) is 20.2 Å². The fourth-order valence-corrected chi connectivity index (χ4v) is 3.18. The lowest BCUT2D eigenvalue weighted by atomic mass is 9.92. The fraction of sp³-hybridized carbons (Fsp3) is 0.643. The Morgan fingerprint density at radius 3 is 3.00 bits per heavy atom. The molecule has 0 spiro atoms. The molecule has 1 aromatic heterocycles. The minimum absolute atomic E-state index is 0.116. The van der Waals surface area contributed by atoms with E-state index in [1.165, 1.54) is 4.90 Å². The summed E-state index contributed by atoms with van der Waals surface area (Å²) < 4.78 is 0. The molecule has 0 radical (unpaired) electrons. The predicted molar refractivity (Wildman–Crippen MR) is 74.5 cm³/mol. The molecule has 3 N–H and O–H groups in total. The number of imidazole rings is 1. The number of amides is 1. The van der Waals surface area contributed by atoms with Crippen LogP contribution in [0.25, 0.3) is 0 Å². The summed E-state index contributed by atoms with van der Waals surface area (Å²) in [6.45, 7) is 3.22. The highest BCUT2D eigenvalue weighted by atomic mass is 16.4. The molecule has 3 atom stereocenters. The van der Waals surface area contributed by atoms with Crippen molar-refractivity contribution >= 4 is 11.9 Å². The molecule has 0 bridgehead atoms. The first-order valence-corrected chi connectivity index (χ1v) is 7.34. The first-order chi connectivity index (χ1) is 10.1. The average Bonchev–Trinajstić information content (AvgIpc) is 2.92. The molecule has 0 saturated carbocycles. The number of nitrogens with zero attached hydrogens (tertiary/aromatic N) is 2. The topological polar surface area (TPSA) is 98.3 Å². The van der Waals surface area contributed by atoms with Crippen LogP contribution < -0.4 is 5.32 Å². The Morgan fingerprint density at radius 1 is 1.48 bits per heavy atom. The van der Waals surface area contributed by atoms with Crippen molar-refractivity contribution in [2.45, 2.75) is 44.8 Å². The highest BCUT2D eigenvalue weighted by Crippen LogP contribution is 2.24. The van der Waals surface area contributed by atoms with Gasteiger partial charge in [-0.05, 0) is 25.3 Å². The summed E-state index contributed by atoms with van der Waals surface area (Å²) in [5.41, 5.74) is 1.58. The van der Waals surface area contributed by atoms with Gasteiger partial charge < -0.3 is 20.3 Å². The van der Waals surface area contributed by atoms with E-state index in [0.717, 1.165) is 30.8 Å². The zero-order chi connectivity index (χ0) is 15.0. The third-order valence-corrected chi connectivity index (χ3v) is 4.43. The van der Waals surface area contributed by atoms with E-state index in [0.29, 0.717) is 5.92 Å². The second-order valence-corrected chi connectivity index (χ2v) is 5.99. The van der Waals surface area contributed by atoms with Gasteiger partial charge >= 0.3 is 5.97 Å². The van der Waals surface area contributed by atoms with Gasteiger partial charge in [-0.15, -0.1) is 0 Å². The van der Waals surface area contributed by atoms with Gasteiger partial charge in [0.1, 0.15) is 6.04 Å². The van der Waals surface area contributed by atoms with Gasteiger partial charge in [0.15, 0.2) is 0 Å². The number of nitrogens with one attached hydrogen (secondary N) is 2. The maximum absolute atomic E-state index is 12.7. The molecule has 3 rings (SSSR count).